The molecule has 1 saturated heterocycles. The third-order valence-electron chi connectivity index (χ3n) is 4.12. The molecule has 2 amide bonds. The Hall–Kier alpha value is -2.24. The topological polar surface area (TPSA) is 79.4 Å². The van der Waals surface area contributed by atoms with E-state index in [4.69, 9.17) is 0 Å². The van der Waals surface area contributed by atoms with Crippen molar-refractivity contribution in [3.05, 3.63) is 30.1 Å². The van der Waals surface area contributed by atoms with E-state index in [1.54, 1.807) is 18.3 Å². The van der Waals surface area contributed by atoms with Gasteiger partial charge in [0, 0.05) is 43.0 Å². The molecule has 6 nitrogen and oxygen atoms in total. The molecular formula is C16H19N3O3. The maximum absolute atomic E-state index is 12.1. The van der Waals surface area contributed by atoms with Crippen molar-refractivity contribution in [3.8, 4) is 0 Å². The summed E-state index contributed by atoms with van der Waals surface area (Å²) in [7, 11) is 0. The van der Waals surface area contributed by atoms with Crippen molar-refractivity contribution in [1.29, 1.82) is 0 Å². The number of aromatic nitrogens is 1. The lowest BCUT2D eigenvalue weighted by molar-refractivity contribution is -0.134. The number of likely N-dealkylation sites (tertiary alicyclic amines) is 1. The fourth-order valence-corrected chi connectivity index (χ4v) is 2.76. The van der Waals surface area contributed by atoms with Crippen molar-refractivity contribution in [2.45, 2.75) is 31.7 Å². The number of hydrogen-bond acceptors (Lipinski definition) is 4. The van der Waals surface area contributed by atoms with Gasteiger partial charge in [-0.2, -0.15) is 0 Å². The van der Waals surface area contributed by atoms with E-state index < -0.39 is 11.7 Å². The van der Waals surface area contributed by atoms with Gasteiger partial charge in [0.1, 0.15) is 0 Å². The molecule has 1 aromatic heterocycles. The van der Waals surface area contributed by atoms with E-state index in [1.165, 1.54) is 6.20 Å². The van der Waals surface area contributed by atoms with Gasteiger partial charge in [-0.3, -0.25) is 19.4 Å². The highest BCUT2D eigenvalue weighted by Gasteiger charge is 2.35. The number of pyridine rings is 1. The van der Waals surface area contributed by atoms with Crippen LogP contribution in [-0.4, -0.2) is 46.6 Å². The molecule has 0 radical (unpaired) electrons. The first-order valence-corrected chi connectivity index (χ1v) is 7.69. The number of nitrogens with zero attached hydrogens (tertiary/aromatic N) is 2. The smallest absolute Gasteiger partial charge is 0.292 e. The highest BCUT2D eigenvalue weighted by Crippen LogP contribution is 2.31. The fourth-order valence-electron chi connectivity index (χ4n) is 2.76. The number of nitrogens with one attached hydrogen (secondary N) is 1. The van der Waals surface area contributed by atoms with Crippen LogP contribution in [0.4, 0.5) is 0 Å². The first kappa shape index (κ1) is 14.7. The molecule has 2 heterocycles. The average Bonchev–Trinajstić information content (AvgIpc) is 3.39. The molecule has 1 N–H and O–H groups in total. The number of carbonyl (C=O) groups excluding carboxylic acids is 3. The van der Waals surface area contributed by atoms with Crippen LogP contribution < -0.4 is 5.32 Å². The van der Waals surface area contributed by atoms with E-state index in [1.807, 2.05) is 4.90 Å². The predicted octanol–water partition coefficient (Wildman–Crippen LogP) is 0.781. The lowest BCUT2D eigenvalue weighted by atomic mass is 10.0. The molecule has 22 heavy (non-hydrogen) atoms. The second-order valence-electron chi connectivity index (χ2n) is 5.94. The van der Waals surface area contributed by atoms with Crippen LogP contribution >= 0.6 is 0 Å². The van der Waals surface area contributed by atoms with E-state index in [9.17, 15) is 14.4 Å². The Balaban J connectivity index is 1.56. The molecule has 116 valence electrons. The monoisotopic (exact) mass is 301 g/mol. The van der Waals surface area contributed by atoms with Gasteiger partial charge in [0.25, 0.3) is 11.7 Å². The van der Waals surface area contributed by atoms with Gasteiger partial charge in [0.2, 0.25) is 5.91 Å². The minimum Gasteiger partial charge on any atom is -0.345 e. The molecule has 6 heteroatoms. The van der Waals surface area contributed by atoms with Crippen molar-refractivity contribution in [2.24, 2.45) is 5.92 Å². The molecule has 2 fully saturated rings. The molecule has 1 aliphatic carbocycles. The zero-order valence-corrected chi connectivity index (χ0v) is 12.3. The maximum Gasteiger partial charge on any atom is 0.292 e. The summed E-state index contributed by atoms with van der Waals surface area (Å²) in [5, 5.41) is 2.75. The quantitative estimate of drug-likeness (QED) is 0.658. The Kier molecular flexibility index (Phi) is 4.18. The molecule has 0 aromatic carbocycles. The molecule has 1 saturated carbocycles. The van der Waals surface area contributed by atoms with Crippen LogP contribution in [0.5, 0.6) is 0 Å². The molecular weight excluding hydrogens is 282 g/mol. The van der Waals surface area contributed by atoms with Gasteiger partial charge in [-0.1, -0.05) is 0 Å². The summed E-state index contributed by atoms with van der Waals surface area (Å²) in [6.07, 6.45) is 6.53. The van der Waals surface area contributed by atoms with E-state index in [2.05, 4.69) is 10.3 Å². The lowest BCUT2D eigenvalue weighted by Gasteiger charge is -2.33. The molecule has 2 aliphatic rings. The molecule has 3 rings (SSSR count). The minimum atomic E-state index is -0.626. The van der Waals surface area contributed by atoms with Gasteiger partial charge in [0.05, 0.1) is 0 Å². The minimum absolute atomic E-state index is 0.149. The zero-order valence-electron chi connectivity index (χ0n) is 12.3. The largest absolute Gasteiger partial charge is 0.345 e. The summed E-state index contributed by atoms with van der Waals surface area (Å²) in [4.78, 5) is 41.8. The van der Waals surface area contributed by atoms with Crippen molar-refractivity contribution < 1.29 is 14.4 Å². The summed E-state index contributed by atoms with van der Waals surface area (Å²) in [5.41, 5.74) is 0.279. The van der Waals surface area contributed by atoms with Gasteiger partial charge in [0.15, 0.2) is 0 Å². The second-order valence-corrected chi connectivity index (χ2v) is 5.94. The number of amides is 2. The number of Topliss-reactive ketones (excluding diaryl/α,β-unsaturated/α-hetero) is 1. The zero-order chi connectivity index (χ0) is 15.5. The van der Waals surface area contributed by atoms with Gasteiger partial charge < -0.3 is 10.2 Å². The molecule has 1 atom stereocenters. The van der Waals surface area contributed by atoms with Crippen LogP contribution in [0.25, 0.3) is 0 Å². The Morgan fingerprint density at radius 3 is 2.73 bits per heavy atom. The molecule has 1 aliphatic heterocycles. The van der Waals surface area contributed by atoms with Crippen LogP contribution in [0.2, 0.25) is 0 Å². The van der Waals surface area contributed by atoms with Crippen LogP contribution in [-0.2, 0) is 9.59 Å². The Bertz CT molecular complexity index is 584. The predicted molar refractivity (Wildman–Crippen MR) is 79.0 cm³/mol. The molecule has 1 aromatic rings. The number of rotatable bonds is 4. The van der Waals surface area contributed by atoms with E-state index >= 15 is 0 Å². The summed E-state index contributed by atoms with van der Waals surface area (Å²) in [6, 6.07) is 3.04. The maximum atomic E-state index is 12.1. The SMILES string of the molecule is O=C(NC1CCCN(C(=O)C2CC2)C1)C(=O)c1cccnc1. The van der Waals surface area contributed by atoms with Crippen molar-refractivity contribution >= 4 is 17.6 Å². The standard InChI is InChI=1S/C16H19N3O3/c20-14(12-3-1-7-17-9-12)15(21)18-13-4-2-8-19(10-13)16(22)11-5-6-11/h1,3,7,9,11,13H,2,4-6,8,10H2,(H,18,21). The van der Waals surface area contributed by atoms with Crippen molar-refractivity contribution in [3.63, 3.8) is 0 Å². The van der Waals surface area contributed by atoms with Crippen molar-refractivity contribution in [1.82, 2.24) is 15.2 Å². The molecule has 0 spiro atoms. The van der Waals surface area contributed by atoms with Crippen molar-refractivity contribution in [2.75, 3.05) is 13.1 Å². The summed E-state index contributed by atoms with van der Waals surface area (Å²) in [5.74, 6) is -0.832. The van der Waals surface area contributed by atoms with Gasteiger partial charge in [-0.25, -0.2) is 0 Å². The summed E-state index contributed by atoms with van der Waals surface area (Å²) in [6.45, 7) is 1.25. The normalized spacial score (nSPS) is 21.3. The second kappa shape index (κ2) is 6.25. The number of ketones is 1. The van der Waals surface area contributed by atoms with Crippen LogP contribution in [0, 0.1) is 5.92 Å². The van der Waals surface area contributed by atoms with Gasteiger partial charge >= 0.3 is 0 Å². The summed E-state index contributed by atoms with van der Waals surface area (Å²) >= 11 is 0. The Morgan fingerprint density at radius 1 is 1.23 bits per heavy atom. The highest BCUT2D eigenvalue weighted by atomic mass is 16.2. The van der Waals surface area contributed by atoms with Crippen LogP contribution in [0.1, 0.15) is 36.0 Å². The first-order chi connectivity index (χ1) is 10.6. The number of carbonyl (C=O) groups is 3. The molecule has 0 bridgehead atoms. The number of hydrogen-bond donors (Lipinski definition) is 1. The fraction of sp³-hybridized carbons (Fsp3) is 0.500. The van der Waals surface area contributed by atoms with Gasteiger partial charge in [-0.05, 0) is 37.8 Å². The third kappa shape index (κ3) is 3.32. The Morgan fingerprint density at radius 2 is 2.05 bits per heavy atom. The highest BCUT2D eigenvalue weighted by molar-refractivity contribution is 6.42. The van der Waals surface area contributed by atoms with Crippen LogP contribution in [0.15, 0.2) is 24.5 Å². The van der Waals surface area contributed by atoms with Gasteiger partial charge in [-0.15, -0.1) is 0 Å². The summed E-state index contributed by atoms with van der Waals surface area (Å²) < 4.78 is 0. The first-order valence-electron chi connectivity index (χ1n) is 7.69. The van der Waals surface area contributed by atoms with E-state index in [-0.39, 0.29) is 23.4 Å². The Labute approximate surface area is 128 Å². The molecule has 1 unspecified atom stereocenters. The number of piperidine rings is 1. The van der Waals surface area contributed by atoms with Crippen LogP contribution in [0.3, 0.4) is 0 Å². The third-order valence-corrected chi connectivity index (χ3v) is 4.12. The lowest BCUT2D eigenvalue weighted by Crippen LogP contribution is -2.51. The average molecular weight is 301 g/mol. The van der Waals surface area contributed by atoms with E-state index in [0.717, 1.165) is 32.2 Å². The van der Waals surface area contributed by atoms with E-state index in [0.29, 0.717) is 6.54 Å².